The van der Waals surface area contributed by atoms with Crippen molar-refractivity contribution in [3.8, 4) is 0 Å². The van der Waals surface area contributed by atoms with E-state index in [1.165, 1.54) is 13.1 Å². The van der Waals surface area contributed by atoms with Crippen LogP contribution in [-0.4, -0.2) is 19.0 Å². The zero-order valence-electron chi connectivity index (χ0n) is 12.0. The van der Waals surface area contributed by atoms with E-state index in [-0.39, 0.29) is 18.4 Å². The fraction of sp³-hybridized carbons (Fsp3) is 0.125. The van der Waals surface area contributed by atoms with E-state index >= 15 is 0 Å². The molecule has 0 radical (unpaired) electrons. The third-order valence-electron chi connectivity index (χ3n) is 2.94. The van der Waals surface area contributed by atoms with Crippen LogP contribution in [-0.2, 0) is 11.2 Å². The van der Waals surface area contributed by atoms with Crippen molar-refractivity contribution in [1.29, 1.82) is 0 Å². The number of benzene rings is 2. The predicted octanol–water partition coefficient (Wildman–Crippen LogP) is 2.76. The molecule has 0 unspecified atom stereocenters. The number of carbonyl (C=O) groups excluding carboxylic acids is 2. The molecular weight excluding hydrogens is 285 g/mol. The molecule has 0 saturated carbocycles. The summed E-state index contributed by atoms with van der Waals surface area (Å²) in [5.41, 5.74) is 1.40. The van der Waals surface area contributed by atoms with Gasteiger partial charge in [-0.25, -0.2) is 9.18 Å². The summed E-state index contributed by atoms with van der Waals surface area (Å²) in [6, 6.07) is 12.5. The number of urea groups is 1. The molecule has 22 heavy (non-hydrogen) atoms. The van der Waals surface area contributed by atoms with E-state index in [1.54, 1.807) is 42.5 Å². The van der Waals surface area contributed by atoms with Gasteiger partial charge in [0.2, 0.25) is 5.91 Å². The molecule has 0 saturated heterocycles. The van der Waals surface area contributed by atoms with E-state index in [4.69, 9.17) is 0 Å². The van der Waals surface area contributed by atoms with Crippen LogP contribution < -0.4 is 16.0 Å². The Morgan fingerprint density at radius 2 is 1.68 bits per heavy atom. The zero-order chi connectivity index (χ0) is 15.9. The SMILES string of the molecule is CNC(=O)Nc1cccc(NC(=O)Cc2ccccc2F)c1. The molecule has 0 spiro atoms. The molecule has 0 fully saturated rings. The number of amides is 3. The Labute approximate surface area is 127 Å². The lowest BCUT2D eigenvalue weighted by atomic mass is 10.1. The quantitative estimate of drug-likeness (QED) is 0.812. The van der Waals surface area contributed by atoms with E-state index in [2.05, 4.69) is 16.0 Å². The van der Waals surface area contributed by atoms with Crippen LogP contribution in [0.3, 0.4) is 0 Å². The average Bonchev–Trinajstić information content (AvgIpc) is 2.50. The Morgan fingerprint density at radius 1 is 1.00 bits per heavy atom. The summed E-state index contributed by atoms with van der Waals surface area (Å²) in [7, 11) is 1.51. The summed E-state index contributed by atoms with van der Waals surface area (Å²) in [4.78, 5) is 23.2. The Morgan fingerprint density at radius 3 is 2.36 bits per heavy atom. The third kappa shape index (κ3) is 4.31. The summed E-state index contributed by atoms with van der Waals surface area (Å²) in [6.07, 6.45) is -0.0558. The van der Waals surface area contributed by atoms with Gasteiger partial charge in [0.25, 0.3) is 0 Å². The molecule has 0 aromatic heterocycles. The molecule has 0 heterocycles. The third-order valence-corrected chi connectivity index (χ3v) is 2.94. The average molecular weight is 301 g/mol. The van der Waals surface area contributed by atoms with E-state index in [9.17, 15) is 14.0 Å². The van der Waals surface area contributed by atoms with Crippen LogP contribution in [0.1, 0.15) is 5.56 Å². The fourth-order valence-electron chi connectivity index (χ4n) is 1.89. The van der Waals surface area contributed by atoms with Crippen molar-refractivity contribution in [2.24, 2.45) is 0 Å². The highest BCUT2D eigenvalue weighted by atomic mass is 19.1. The number of halogens is 1. The fourth-order valence-corrected chi connectivity index (χ4v) is 1.89. The first-order valence-electron chi connectivity index (χ1n) is 6.70. The molecule has 6 heteroatoms. The molecule has 114 valence electrons. The Bertz CT molecular complexity index is 689. The van der Waals surface area contributed by atoms with Crippen LogP contribution in [0.25, 0.3) is 0 Å². The molecule has 0 aliphatic carbocycles. The Kier molecular flexibility index (Phi) is 5.08. The van der Waals surface area contributed by atoms with Gasteiger partial charge in [-0.05, 0) is 29.8 Å². The van der Waals surface area contributed by atoms with Gasteiger partial charge in [-0.15, -0.1) is 0 Å². The molecule has 0 aliphatic rings. The number of hydrogen-bond acceptors (Lipinski definition) is 2. The van der Waals surface area contributed by atoms with E-state index in [0.717, 1.165) is 0 Å². The van der Waals surface area contributed by atoms with Gasteiger partial charge in [0.15, 0.2) is 0 Å². The predicted molar refractivity (Wildman–Crippen MR) is 83.3 cm³/mol. The van der Waals surface area contributed by atoms with Gasteiger partial charge in [0, 0.05) is 18.4 Å². The summed E-state index contributed by atoms with van der Waals surface area (Å²) in [5, 5.41) is 7.71. The summed E-state index contributed by atoms with van der Waals surface area (Å²) in [6.45, 7) is 0. The molecule has 0 aliphatic heterocycles. The minimum Gasteiger partial charge on any atom is -0.341 e. The lowest BCUT2D eigenvalue weighted by Gasteiger charge is -2.09. The van der Waals surface area contributed by atoms with Gasteiger partial charge in [-0.2, -0.15) is 0 Å². The first-order valence-corrected chi connectivity index (χ1v) is 6.70. The van der Waals surface area contributed by atoms with Crippen molar-refractivity contribution in [3.63, 3.8) is 0 Å². The highest BCUT2D eigenvalue weighted by molar-refractivity contribution is 5.94. The number of carbonyl (C=O) groups is 2. The van der Waals surface area contributed by atoms with Gasteiger partial charge in [0.1, 0.15) is 5.82 Å². The van der Waals surface area contributed by atoms with Gasteiger partial charge >= 0.3 is 6.03 Å². The van der Waals surface area contributed by atoms with Gasteiger partial charge in [-0.1, -0.05) is 24.3 Å². The minimum absolute atomic E-state index is 0.0558. The largest absolute Gasteiger partial charge is 0.341 e. The second kappa shape index (κ2) is 7.21. The normalized spacial score (nSPS) is 9.91. The first kappa shape index (κ1) is 15.5. The van der Waals surface area contributed by atoms with Crippen molar-refractivity contribution in [2.75, 3.05) is 17.7 Å². The first-order chi connectivity index (χ1) is 10.6. The molecule has 2 rings (SSSR count). The van der Waals surface area contributed by atoms with E-state index < -0.39 is 5.82 Å². The Balaban J connectivity index is 2.01. The van der Waals surface area contributed by atoms with Crippen LogP contribution >= 0.6 is 0 Å². The van der Waals surface area contributed by atoms with Crippen LogP contribution in [0, 0.1) is 5.82 Å². The molecule has 0 bridgehead atoms. The van der Waals surface area contributed by atoms with Crippen LogP contribution in [0.2, 0.25) is 0 Å². The number of hydrogen-bond donors (Lipinski definition) is 3. The number of rotatable bonds is 4. The molecule has 3 amide bonds. The maximum atomic E-state index is 13.5. The standard InChI is InChI=1S/C16H16FN3O2/c1-18-16(22)20-13-7-4-6-12(10-13)19-15(21)9-11-5-2-3-8-14(11)17/h2-8,10H,9H2,1H3,(H,19,21)(H2,18,20,22). The van der Waals surface area contributed by atoms with Gasteiger partial charge < -0.3 is 16.0 Å². The number of anilines is 2. The lowest BCUT2D eigenvalue weighted by Crippen LogP contribution is -2.24. The van der Waals surface area contributed by atoms with Crippen molar-refractivity contribution in [3.05, 3.63) is 59.9 Å². The topological polar surface area (TPSA) is 70.2 Å². The van der Waals surface area contributed by atoms with Crippen molar-refractivity contribution < 1.29 is 14.0 Å². The monoisotopic (exact) mass is 301 g/mol. The van der Waals surface area contributed by atoms with Crippen LogP contribution in [0.5, 0.6) is 0 Å². The molecule has 5 nitrogen and oxygen atoms in total. The molecule has 3 N–H and O–H groups in total. The van der Waals surface area contributed by atoms with E-state index in [1.807, 2.05) is 0 Å². The van der Waals surface area contributed by atoms with Crippen LogP contribution in [0.4, 0.5) is 20.6 Å². The van der Waals surface area contributed by atoms with Gasteiger partial charge in [-0.3, -0.25) is 4.79 Å². The van der Waals surface area contributed by atoms with Gasteiger partial charge in [0.05, 0.1) is 6.42 Å². The molecule has 0 atom stereocenters. The highest BCUT2D eigenvalue weighted by Crippen LogP contribution is 2.16. The second-order valence-electron chi connectivity index (χ2n) is 4.60. The summed E-state index contributed by atoms with van der Waals surface area (Å²) < 4.78 is 13.5. The number of nitrogens with one attached hydrogen (secondary N) is 3. The maximum Gasteiger partial charge on any atom is 0.318 e. The zero-order valence-corrected chi connectivity index (χ0v) is 12.0. The smallest absolute Gasteiger partial charge is 0.318 e. The minimum atomic E-state index is -0.410. The second-order valence-corrected chi connectivity index (χ2v) is 4.60. The molecular formula is C16H16FN3O2. The Hall–Kier alpha value is -2.89. The van der Waals surface area contributed by atoms with Crippen LogP contribution in [0.15, 0.2) is 48.5 Å². The van der Waals surface area contributed by atoms with Crippen molar-refractivity contribution in [2.45, 2.75) is 6.42 Å². The highest BCUT2D eigenvalue weighted by Gasteiger charge is 2.08. The summed E-state index contributed by atoms with van der Waals surface area (Å²) in [5.74, 6) is -0.741. The maximum absolute atomic E-state index is 13.5. The van der Waals surface area contributed by atoms with E-state index in [0.29, 0.717) is 16.9 Å². The van der Waals surface area contributed by atoms with Crippen molar-refractivity contribution >= 4 is 23.3 Å². The van der Waals surface area contributed by atoms with Crippen molar-refractivity contribution in [1.82, 2.24) is 5.32 Å². The molecule has 2 aromatic rings. The molecule has 2 aromatic carbocycles. The lowest BCUT2D eigenvalue weighted by molar-refractivity contribution is -0.115. The summed E-state index contributed by atoms with van der Waals surface area (Å²) >= 11 is 0.